The number of hydrogen-bond donors (Lipinski definition) is 0. The normalized spacial score (nSPS) is 10.6. The third-order valence-corrected chi connectivity index (χ3v) is 2.20. The van der Waals surface area contributed by atoms with E-state index >= 15 is 0 Å². The molecule has 1 rings (SSSR count). The van der Waals surface area contributed by atoms with E-state index in [-0.39, 0.29) is 17.5 Å². The van der Waals surface area contributed by atoms with Gasteiger partial charge in [0, 0.05) is 5.56 Å². The van der Waals surface area contributed by atoms with E-state index in [4.69, 9.17) is 0 Å². The molecule has 0 atom stereocenters. The van der Waals surface area contributed by atoms with Gasteiger partial charge in [0.25, 0.3) is 0 Å². The van der Waals surface area contributed by atoms with Crippen molar-refractivity contribution in [2.75, 3.05) is 0 Å². The van der Waals surface area contributed by atoms with Crippen LogP contribution in [0.25, 0.3) is 0 Å². The van der Waals surface area contributed by atoms with Crippen molar-refractivity contribution < 1.29 is 13.2 Å². The molecule has 0 bridgehead atoms. The second-order valence-electron chi connectivity index (χ2n) is 3.23. The SMILES string of the molecule is CCCc1cc(F)c(CC)c(F)c1F. The second-order valence-corrected chi connectivity index (χ2v) is 3.23. The Morgan fingerprint density at radius 3 is 2.21 bits per heavy atom. The fourth-order valence-corrected chi connectivity index (χ4v) is 1.46. The van der Waals surface area contributed by atoms with Crippen LogP contribution in [0.4, 0.5) is 13.2 Å². The van der Waals surface area contributed by atoms with Gasteiger partial charge in [0.1, 0.15) is 5.82 Å². The Hall–Kier alpha value is -0.990. The van der Waals surface area contributed by atoms with E-state index in [1.54, 1.807) is 6.92 Å². The van der Waals surface area contributed by atoms with Gasteiger partial charge in [-0.2, -0.15) is 0 Å². The molecule has 0 spiro atoms. The highest BCUT2D eigenvalue weighted by molar-refractivity contribution is 5.28. The van der Waals surface area contributed by atoms with Crippen LogP contribution in [0.1, 0.15) is 31.4 Å². The van der Waals surface area contributed by atoms with Gasteiger partial charge in [-0.1, -0.05) is 20.3 Å². The van der Waals surface area contributed by atoms with Gasteiger partial charge in [-0.25, -0.2) is 13.2 Å². The van der Waals surface area contributed by atoms with Crippen molar-refractivity contribution in [2.24, 2.45) is 0 Å². The van der Waals surface area contributed by atoms with E-state index in [2.05, 4.69) is 0 Å². The van der Waals surface area contributed by atoms with E-state index in [0.717, 1.165) is 6.07 Å². The van der Waals surface area contributed by atoms with E-state index in [1.807, 2.05) is 6.92 Å². The van der Waals surface area contributed by atoms with Crippen molar-refractivity contribution in [3.8, 4) is 0 Å². The average molecular weight is 202 g/mol. The predicted molar refractivity (Wildman–Crippen MR) is 49.7 cm³/mol. The summed E-state index contributed by atoms with van der Waals surface area (Å²) in [6, 6.07) is 1.10. The summed E-state index contributed by atoms with van der Waals surface area (Å²) in [5.41, 5.74) is -0.0398. The molecule has 0 saturated heterocycles. The Morgan fingerprint density at radius 2 is 1.71 bits per heavy atom. The van der Waals surface area contributed by atoms with Crippen molar-refractivity contribution in [3.63, 3.8) is 0 Å². The third-order valence-electron chi connectivity index (χ3n) is 2.20. The molecule has 1 aromatic carbocycles. The molecule has 14 heavy (non-hydrogen) atoms. The quantitative estimate of drug-likeness (QED) is 0.657. The van der Waals surface area contributed by atoms with Crippen molar-refractivity contribution in [2.45, 2.75) is 33.1 Å². The summed E-state index contributed by atoms with van der Waals surface area (Å²) < 4.78 is 39.7. The minimum Gasteiger partial charge on any atom is -0.207 e. The van der Waals surface area contributed by atoms with Crippen LogP contribution < -0.4 is 0 Å². The van der Waals surface area contributed by atoms with Crippen molar-refractivity contribution in [3.05, 3.63) is 34.6 Å². The first-order valence-corrected chi connectivity index (χ1v) is 4.77. The van der Waals surface area contributed by atoms with Crippen LogP contribution >= 0.6 is 0 Å². The maximum Gasteiger partial charge on any atom is 0.165 e. The zero-order valence-electron chi connectivity index (χ0n) is 8.33. The summed E-state index contributed by atoms with van der Waals surface area (Å²) in [6.07, 6.45) is 1.20. The molecule has 0 fully saturated rings. The molecule has 0 saturated carbocycles. The number of benzene rings is 1. The van der Waals surface area contributed by atoms with Crippen LogP contribution in [0, 0.1) is 17.5 Å². The highest BCUT2D eigenvalue weighted by Crippen LogP contribution is 2.21. The topological polar surface area (TPSA) is 0 Å². The van der Waals surface area contributed by atoms with Crippen LogP contribution in [0.5, 0.6) is 0 Å². The molecule has 0 N–H and O–H groups in total. The summed E-state index contributed by atoms with van der Waals surface area (Å²) in [7, 11) is 0. The van der Waals surface area contributed by atoms with Gasteiger partial charge in [0.2, 0.25) is 0 Å². The Balaban J connectivity index is 3.25. The fourth-order valence-electron chi connectivity index (χ4n) is 1.46. The third kappa shape index (κ3) is 1.91. The molecule has 0 nitrogen and oxygen atoms in total. The van der Waals surface area contributed by atoms with Gasteiger partial charge >= 0.3 is 0 Å². The van der Waals surface area contributed by atoms with Crippen molar-refractivity contribution >= 4 is 0 Å². The summed E-state index contributed by atoms with van der Waals surface area (Å²) >= 11 is 0. The molecule has 0 amide bonds. The van der Waals surface area contributed by atoms with Crippen LogP contribution in [0.3, 0.4) is 0 Å². The Labute approximate surface area is 81.8 Å². The largest absolute Gasteiger partial charge is 0.207 e. The highest BCUT2D eigenvalue weighted by Gasteiger charge is 2.16. The van der Waals surface area contributed by atoms with Gasteiger partial charge in [-0.3, -0.25) is 0 Å². The van der Waals surface area contributed by atoms with Gasteiger partial charge in [-0.05, 0) is 24.5 Å². The molecule has 0 aliphatic heterocycles. The standard InChI is InChI=1S/C11H13F3/c1-3-5-7-6-9(12)8(4-2)11(14)10(7)13/h6H,3-5H2,1-2H3. The van der Waals surface area contributed by atoms with Crippen LogP contribution in [-0.2, 0) is 12.8 Å². The Kier molecular flexibility index (Phi) is 3.55. The maximum absolute atomic E-state index is 13.3. The molecule has 3 heteroatoms. The molecule has 0 aliphatic carbocycles. The van der Waals surface area contributed by atoms with Crippen molar-refractivity contribution in [1.29, 1.82) is 0 Å². The number of rotatable bonds is 3. The van der Waals surface area contributed by atoms with Gasteiger partial charge in [0.05, 0.1) is 0 Å². The molecular formula is C11H13F3. The monoisotopic (exact) mass is 202 g/mol. The van der Waals surface area contributed by atoms with E-state index < -0.39 is 17.5 Å². The van der Waals surface area contributed by atoms with Crippen LogP contribution in [0.15, 0.2) is 6.07 Å². The Bertz CT molecular complexity index is 332. The molecule has 0 radical (unpaired) electrons. The number of hydrogen-bond acceptors (Lipinski definition) is 0. The first-order valence-electron chi connectivity index (χ1n) is 4.77. The minimum absolute atomic E-state index is 0.125. The maximum atomic E-state index is 13.3. The Morgan fingerprint density at radius 1 is 1.07 bits per heavy atom. The lowest BCUT2D eigenvalue weighted by atomic mass is 10.0. The van der Waals surface area contributed by atoms with Gasteiger partial charge < -0.3 is 0 Å². The van der Waals surface area contributed by atoms with Gasteiger partial charge in [-0.15, -0.1) is 0 Å². The molecule has 78 valence electrons. The van der Waals surface area contributed by atoms with E-state index in [9.17, 15) is 13.2 Å². The summed E-state index contributed by atoms with van der Waals surface area (Å²) in [6.45, 7) is 3.43. The summed E-state index contributed by atoms with van der Waals surface area (Å²) in [4.78, 5) is 0. The van der Waals surface area contributed by atoms with E-state index in [0.29, 0.717) is 12.8 Å². The summed E-state index contributed by atoms with van der Waals surface area (Å²) in [5.74, 6) is -2.57. The zero-order chi connectivity index (χ0) is 10.7. The summed E-state index contributed by atoms with van der Waals surface area (Å²) in [5, 5.41) is 0. The molecule has 0 aliphatic rings. The molecule has 0 aromatic heterocycles. The molecule has 0 heterocycles. The fraction of sp³-hybridized carbons (Fsp3) is 0.455. The van der Waals surface area contributed by atoms with Crippen LogP contribution in [-0.4, -0.2) is 0 Å². The molecular weight excluding hydrogens is 189 g/mol. The van der Waals surface area contributed by atoms with Crippen LogP contribution in [0.2, 0.25) is 0 Å². The minimum atomic E-state index is -1.03. The highest BCUT2D eigenvalue weighted by atomic mass is 19.2. The van der Waals surface area contributed by atoms with Crippen molar-refractivity contribution in [1.82, 2.24) is 0 Å². The lowest BCUT2D eigenvalue weighted by molar-refractivity contribution is 0.471. The average Bonchev–Trinajstić information content (AvgIpc) is 2.15. The number of halogens is 3. The first-order chi connectivity index (χ1) is 6.61. The smallest absolute Gasteiger partial charge is 0.165 e. The first kappa shape index (κ1) is 11.1. The lowest BCUT2D eigenvalue weighted by Crippen LogP contribution is -2.02. The van der Waals surface area contributed by atoms with Gasteiger partial charge in [0.15, 0.2) is 11.6 Å². The predicted octanol–water partition coefficient (Wildman–Crippen LogP) is 3.62. The molecule has 1 aromatic rings. The van der Waals surface area contributed by atoms with E-state index in [1.165, 1.54) is 0 Å². The number of aryl methyl sites for hydroxylation is 1. The zero-order valence-corrected chi connectivity index (χ0v) is 8.33. The molecule has 0 unspecified atom stereocenters. The lowest BCUT2D eigenvalue weighted by Gasteiger charge is -2.07. The second kappa shape index (κ2) is 4.49.